The van der Waals surface area contributed by atoms with Gasteiger partial charge in [-0.25, -0.2) is 4.98 Å². The van der Waals surface area contributed by atoms with E-state index in [4.69, 9.17) is 0 Å². The van der Waals surface area contributed by atoms with Gasteiger partial charge in [0.05, 0.1) is 10.4 Å². The van der Waals surface area contributed by atoms with Crippen molar-refractivity contribution < 1.29 is 0 Å². The van der Waals surface area contributed by atoms with Gasteiger partial charge >= 0.3 is 0 Å². The molecular weight excluding hydrogens is 134 g/mol. The van der Waals surface area contributed by atoms with Crippen LogP contribution >= 0.6 is 11.3 Å². The van der Waals surface area contributed by atoms with E-state index in [-0.39, 0.29) is 0 Å². The Morgan fingerprint density at radius 3 is 3.44 bits per heavy atom. The van der Waals surface area contributed by atoms with Crippen LogP contribution in [0.4, 0.5) is 5.82 Å². The molecule has 1 aromatic heterocycles. The fraction of sp³-hybridized carbons (Fsp3) is 0. The van der Waals surface area contributed by atoms with Crippen molar-refractivity contribution in [1.82, 2.24) is 10.4 Å². The van der Waals surface area contributed by atoms with Crippen molar-refractivity contribution in [2.45, 2.75) is 0 Å². The molecule has 0 unspecified atom stereocenters. The first-order valence-electron chi connectivity index (χ1n) is 2.58. The van der Waals surface area contributed by atoms with Gasteiger partial charge in [0.2, 0.25) is 0 Å². The van der Waals surface area contributed by atoms with Gasteiger partial charge in [0.1, 0.15) is 0 Å². The average Bonchev–Trinajstić information content (AvgIpc) is 2.33. The third-order valence-corrected chi connectivity index (χ3v) is 1.90. The van der Waals surface area contributed by atoms with E-state index in [2.05, 4.69) is 15.8 Å². The summed E-state index contributed by atoms with van der Waals surface area (Å²) in [6.45, 7) is 0. The fourth-order valence-electron chi connectivity index (χ4n) is 0.695. The lowest BCUT2D eigenvalue weighted by Gasteiger charge is -2.06. The Hall–Kier alpha value is -1.03. The summed E-state index contributed by atoms with van der Waals surface area (Å²) in [5.74, 6) is 0.919. The molecule has 0 saturated carbocycles. The molecule has 1 aliphatic rings. The maximum absolute atomic E-state index is 4.05. The molecule has 1 aromatic rings. The molecule has 4 heteroatoms. The number of anilines is 1. The molecule has 0 aliphatic carbocycles. The highest BCUT2D eigenvalue weighted by molar-refractivity contribution is 7.11. The third kappa shape index (κ3) is 0.675. The lowest BCUT2D eigenvalue weighted by Crippen LogP contribution is -2.17. The van der Waals surface area contributed by atoms with Crippen LogP contribution in [0.1, 0.15) is 4.88 Å². The first-order chi connectivity index (χ1) is 4.47. The van der Waals surface area contributed by atoms with Crippen LogP contribution in [0.3, 0.4) is 0 Å². The Labute approximate surface area is 56.4 Å². The normalized spacial score (nSPS) is 13.8. The van der Waals surface area contributed by atoms with Crippen molar-refractivity contribution in [3.05, 3.63) is 16.6 Å². The number of hydrogen-bond donors (Lipinski definition) is 2. The Kier molecular flexibility index (Phi) is 0.927. The van der Waals surface area contributed by atoms with Crippen molar-refractivity contribution in [3.63, 3.8) is 0 Å². The van der Waals surface area contributed by atoms with E-state index >= 15 is 0 Å². The average molecular weight is 139 g/mol. The molecule has 3 nitrogen and oxygen atoms in total. The minimum Gasteiger partial charge on any atom is -0.307 e. The van der Waals surface area contributed by atoms with Crippen molar-refractivity contribution in [2.75, 3.05) is 5.43 Å². The largest absolute Gasteiger partial charge is 0.307 e. The molecule has 9 heavy (non-hydrogen) atoms. The van der Waals surface area contributed by atoms with E-state index in [0.717, 1.165) is 5.82 Å². The SMILES string of the molecule is C1=Cc2scnc2NN1. The van der Waals surface area contributed by atoms with E-state index < -0.39 is 0 Å². The van der Waals surface area contributed by atoms with Crippen molar-refractivity contribution in [2.24, 2.45) is 0 Å². The van der Waals surface area contributed by atoms with E-state index in [1.165, 1.54) is 4.88 Å². The van der Waals surface area contributed by atoms with E-state index in [1.807, 2.05) is 17.8 Å². The van der Waals surface area contributed by atoms with Gasteiger partial charge in [0, 0.05) is 6.20 Å². The highest BCUT2D eigenvalue weighted by atomic mass is 32.1. The minimum atomic E-state index is 0.919. The molecular formula is C5H5N3S. The van der Waals surface area contributed by atoms with Gasteiger partial charge in [-0.2, -0.15) is 0 Å². The molecule has 0 aromatic carbocycles. The van der Waals surface area contributed by atoms with Gasteiger partial charge in [-0.15, -0.1) is 11.3 Å². The molecule has 0 amide bonds. The van der Waals surface area contributed by atoms with Gasteiger partial charge in [-0.3, -0.25) is 5.43 Å². The zero-order valence-corrected chi connectivity index (χ0v) is 5.40. The number of nitrogens with zero attached hydrogens (tertiary/aromatic N) is 1. The third-order valence-electron chi connectivity index (χ3n) is 1.10. The standard InChI is InChI=1S/C5H5N3S/c1-2-7-8-5-4(1)9-3-6-5/h1-3,7-8H. The summed E-state index contributed by atoms with van der Waals surface area (Å²) in [5, 5.41) is 0. The summed E-state index contributed by atoms with van der Waals surface area (Å²) in [7, 11) is 0. The number of thiazole rings is 1. The summed E-state index contributed by atoms with van der Waals surface area (Å²) in [6, 6.07) is 0. The van der Waals surface area contributed by atoms with Crippen LogP contribution in [-0.2, 0) is 0 Å². The molecule has 0 fully saturated rings. The summed E-state index contributed by atoms with van der Waals surface area (Å²) < 4.78 is 0. The van der Waals surface area contributed by atoms with Crippen LogP contribution in [0.25, 0.3) is 6.08 Å². The van der Waals surface area contributed by atoms with E-state index in [0.29, 0.717) is 0 Å². The van der Waals surface area contributed by atoms with Crippen LogP contribution in [0.2, 0.25) is 0 Å². The molecule has 0 spiro atoms. The molecule has 0 bridgehead atoms. The number of hydrogen-bond acceptors (Lipinski definition) is 4. The zero-order chi connectivity index (χ0) is 6.10. The Balaban J connectivity index is 2.53. The van der Waals surface area contributed by atoms with Crippen molar-refractivity contribution in [3.8, 4) is 0 Å². The molecule has 46 valence electrons. The fourth-order valence-corrected chi connectivity index (χ4v) is 1.33. The number of nitrogens with one attached hydrogen (secondary N) is 2. The van der Waals surface area contributed by atoms with Crippen LogP contribution < -0.4 is 10.9 Å². The summed E-state index contributed by atoms with van der Waals surface area (Å²) in [6.07, 6.45) is 3.84. The minimum absolute atomic E-state index is 0.919. The number of aromatic nitrogens is 1. The quantitative estimate of drug-likeness (QED) is 0.564. The number of hydrazine groups is 1. The van der Waals surface area contributed by atoms with Gasteiger partial charge in [-0.1, -0.05) is 0 Å². The van der Waals surface area contributed by atoms with Crippen molar-refractivity contribution >= 4 is 23.2 Å². The van der Waals surface area contributed by atoms with E-state index in [1.54, 1.807) is 11.3 Å². The predicted octanol–water partition coefficient (Wildman–Crippen LogP) is 1.04. The summed E-state index contributed by atoms with van der Waals surface area (Å²) in [5.41, 5.74) is 7.56. The molecule has 2 N–H and O–H groups in total. The predicted molar refractivity (Wildman–Crippen MR) is 37.9 cm³/mol. The molecule has 2 rings (SSSR count). The highest BCUT2D eigenvalue weighted by Crippen LogP contribution is 2.20. The highest BCUT2D eigenvalue weighted by Gasteiger charge is 2.03. The van der Waals surface area contributed by atoms with Gasteiger partial charge < -0.3 is 5.43 Å². The molecule has 0 radical (unpaired) electrons. The smallest absolute Gasteiger partial charge is 0.162 e. The second kappa shape index (κ2) is 1.73. The monoisotopic (exact) mass is 139 g/mol. The summed E-state index contributed by atoms with van der Waals surface area (Å²) in [4.78, 5) is 5.23. The van der Waals surface area contributed by atoms with Crippen LogP contribution in [0.5, 0.6) is 0 Å². The Morgan fingerprint density at radius 2 is 2.56 bits per heavy atom. The van der Waals surface area contributed by atoms with Crippen molar-refractivity contribution in [1.29, 1.82) is 0 Å². The Bertz CT molecular complexity index is 240. The molecule has 2 heterocycles. The zero-order valence-electron chi connectivity index (χ0n) is 4.59. The second-order valence-electron chi connectivity index (χ2n) is 1.67. The maximum Gasteiger partial charge on any atom is 0.162 e. The van der Waals surface area contributed by atoms with Gasteiger partial charge in [0.15, 0.2) is 5.82 Å². The first-order valence-corrected chi connectivity index (χ1v) is 3.46. The van der Waals surface area contributed by atoms with Crippen LogP contribution in [0.15, 0.2) is 11.7 Å². The molecule has 1 aliphatic heterocycles. The number of fused-ring (bicyclic) bond motifs is 1. The van der Waals surface area contributed by atoms with E-state index in [9.17, 15) is 0 Å². The topological polar surface area (TPSA) is 37.0 Å². The van der Waals surface area contributed by atoms with Crippen LogP contribution in [0, 0.1) is 0 Å². The van der Waals surface area contributed by atoms with Crippen LogP contribution in [-0.4, -0.2) is 4.98 Å². The van der Waals surface area contributed by atoms with Gasteiger partial charge in [0.25, 0.3) is 0 Å². The maximum atomic E-state index is 4.05. The molecule has 0 atom stereocenters. The molecule has 0 saturated heterocycles. The number of rotatable bonds is 0. The lowest BCUT2D eigenvalue weighted by atomic mass is 10.4. The summed E-state index contributed by atoms with van der Waals surface area (Å²) >= 11 is 1.62. The van der Waals surface area contributed by atoms with Gasteiger partial charge in [-0.05, 0) is 6.08 Å². The lowest BCUT2D eigenvalue weighted by molar-refractivity contribution is 1.03. The first kappa shape index (κ1) is 4.81. The second-order valence-corrected chi connectivity index (χ2v) is 2.55. The Morgan fingerprint density at radius 1 is 1.56 bits per heavy atom.